The molecule has 0 bridgehead atoms. The predicted octanol–water partition coefficient (Wildman–Crippen LogP) is 1.80. The first kappa shape index (κ1) is 22.0. The fourth-order valence-electron chi connectivity index (χ4n) is 4.25. The van der Waals surface area contributed by atoms with Gasteiger partial charge in [-0.15, -0.1) is 0 Å². The normalized spacial score (nSPS) is 20.7. The second-order valence-corrected chi connectivity index (χ2v) is 8.38. The van der Waals surface area contributed by atoms with Gasteiger partial charge in [-0.3, -0.25) is 14.4 Å². The number of Topliss-reactive ketones (excluding diaryl/α,β-unsaturated/α-hetero) is 1. The lowest BCUT2D eigenvalue weighted by Crippen LogP contribution is -2.53. The van der Waals surface area contributed by atoms with Gasteiger partial charge in [-0.1, -0.05) is 12.1 Å². The molecule has 0 saturated carbocycles. The maximum atomic E-state index is 13.4. The van der Waals surface area contributed by atoms with Crippen LogP contribution in [0.15, 0.2) is 48.5 Å². The summed E-state index contributed by atoms with van der Waals surface area (Å²) in [7, 11) is 3.81. The Morgan fingerprint density at radius 2 is 1.84 bits per heavy atom. The molecule has 2 saturated heterocycles. The topological polar surface area (TPSA) is 79.0 Å². The van der Waals surface area contributed by atoms with Gasteiger partial charge in [-0.05, 0) is 48.4 Å². The van der Waals surface area contributed by atoms with Crippen LogP contribution in [0.2, 0.25) is 0 Å². The first-order valence-electron chi connectivity index (χ1n) is 10.6. The van der Waals surface area contributed by atoms with E-state index in [1.807, 2.05) is 31.1 Å². The first-order chi connectivity index (χ1) is 15.3. The van der Waals surface area contributed by atoms with E-state index in [4.69, 9.17) is 4.74 Å². The molecule has 2 amide bonds. The van der Waals surface area contributed by atoms with E-state index in [9.17, 15) is 18.8 Å². The number of carbonyl (C=O) groups excluding carboxylic acids is 3. The number of nitrogens with one attached hydrogen (secondary N) is 1. The van der Waals surface area contributed by atoms with E-state index in [2.05, 4.69) is 5.32 Å². The fourth-order valence-corrected chi connectivity index (χ4v) is 4.25. The number of amides is 2. The molecule has 2 heterocycles. The average Bonchev–Trinajstić information content (AvgIpc) is 3.37. The molecule has 1 N–H and O–H groups in total. The Balaban J connectivity index is 1.55. The Morgan fingerprint density at radius 1 is 1.16 bits per heavy atom. The number of carbonyl (C=O) groups is 3. The molecule has 2 aliphatic rings. The number of benzene rings is 2. The van der Waals surface area contributed by atoms with Crippen LogP contribution in [0, 0.1) is 5.82 Å². The number of hydrogen-bond acceptors (Lipinski definition) is 5. The second-order valence-electron chi connectivity index (χ2n) is 8.38. The van der Waals surface area contributed by atoms with Gasteiger partial charge in [-0.2, -0.15) is 0 Å². The Kier molecular flexibility index (Phi) is 6.23. The lowest BCUT2D eigenvalue weighted by Gasteiger charge is -2.27. The minimum atomic E-state index is -0.895. The molecule has 0 spiro atoms. The van der Waals surface area contributed by atoms with Crippen LogP contribution in [0.25, 0.3) is 0 Å². The monoisotopic (exact) mass is 439 g/mol. The molecule has 0 radical (unpaired) electrons. The number of ketones is 1. The molecule has 4 rings (SSSR count). The summed E-state index contributed by atoms with van der Waals surface area (Å²) in [6, 6.07) is 11.4. The van der Waals surface area contributed by atoms with Gasteiger partial charge in [0.25, 0.3) is 5.91 Å². The molecule has 2 fully saturated rings. The predicted molar refractivity (Wildman–Crippen MR) is 117 cm³/mol. The maximum absolute atomic E-state index is 13.4. The van der Waals surface area contributed by atoms with Crippen molar-refractivity contribution in [2.45, 2.75) is 31.0 Å². The summed E-state index contributed by atoms with van der Waals surface area (Å²) in [6.45, 7) is 0.402. The molecule has 168 valence electrons. The van der Waals surface area contributed by atoms with Crippen molar-refractivity contribution in [3.8, 4) is 0 Å². The van der Waals surface area contributed by atoms with Crippen molar-refractivity contribution in [2.24, 2.45) is 0 Å². The van der Waals surface area contributed by atoms with Gasteiger partial charge in [0.15, 0.2) is 5.78 Å². The van der Waals surface area contributed by atoms with Crippen molar-refractivity contribution in [1.29, 1.82) is 0 Å². The lowest BCUT2D eigenvalue weighted by atomic mass is 10.0. The quantitative estimate of drug-likeness (QED) is 0.743. The van der Waals surface area contributed by atoms with Gasteiger partial charge >= 0.3 is 0 Å². The van der Waals surface area contributed by atoms with Crippen molar-refractivity contribution in [3.05, 3.63) is 65.5 Å². The smallest absolute Gasteiger partial charge is 0.251 e. The van der Waals surface area contributed by atoms with Gasteiger partial charge in [0.2, 0.25) is 5.91 Å². The van der Waals surface area contributed by atoms with Crippen molar-refractivity contribution in [2.75, 3.05) is 32.1 Å². The van der Waals surface area contributed by atoms with E-state index < -0.39 is 12.1 Å². The van der Waals surface area contributed by atoms with Crippen molar-refractivity contribution in [3.63, 3.8) is 0 Å². The van der Waals surface area contributed by atoms with E-state index >= 15 is 0 Å². The molecule has 2 aliphatic heterocycles. The lowest BCUT2D eigenvalue weighted by molar-refractivity contribution is -0.138. The highest BCUT2D eigenvalue weighted by molar-refractivity contribution is 5.99. The van der Waals surface area contributed by atoms with E-state index in [0.717, 1.165) is 5.69 Å². The van der Waals surface area contributed by atoms with Crippen LogP contribution >= 0.6 is 0 Å². The number of ether oxygens (including phenoxy) is 1. The van der Waals surface area contributed by atoms with Crippen molar-refractivity contribution < 1.29 is 23.5 Å². The third kappa shape index (κ3) is 4.50. The summed E-state index contributed by atoms with van der Waals surface area (Å²) in [6.07, 6.45) is 0.488. The molecule has 3 atom stereocenters. The Morgan fingerprint density at radius 3 is 2.50 bits per heavy atom. The number of likely N-dealkylation sites (tertiary alicyclic amines) is 1. The minimum Gasteiger partial charge on any atom is -0.378 e. The van der Waals surface area contributed by atoms with Gasteiger partial charge < -0.3 is 19.9 Å². The maximum Gasteiger partial charge on any atom is 0.251 e. The molecule has 7 nitrogen and oxygen atoms in total. The number of hydrogen-bond donors (Lipinski definition) is 1. The first-order valence-corrected chi connectivity index (χ1v) is 10.6. The molecular formula is C24H26FN3O4. The number of rotatable bonds is 6. The Hall–Kier alpha value is -3.26. The SMILES string of the molecule is CN(C)c1ccc(C(=O)NC(Cc2ccc(F)cc2)C(=O)N2CCC3OCC(=O)C32)cc1. The zero-order valence-electron chi connectivity index (χ0n) is 18.1. The molecule has 32 heavy (non-hydrogen) atoms. The summed E-state index contributed by atoms with van der Waals surface area (Å²) < 4.78 is 18.8. The minimum absolute atomic E-state index is 0.00627. The van der Waals surface area contributed by atoms with Crippen LogP contribution in [0.5, 0.6) is 0 Å². The fraction of sp³-hybridized carbons (Fsp3) is 0.375. The number of fused-ring (bicyclic) bond motifs is 1. The van der Waals surface area contributed by atoms with Gasteiger partial charge in [0.05, 0.1) is 6.10 Å². The summed E-state index contributed by atoms with van der Waals surface area (Å²) in [5.74, 6) is -1.22. The second kappa shape index (κ2) is 9.08. The number of anilines is 1. The summed E-state index contributed by atoms with van der Waals surface area (Å²) >= 11 is 0. The van der Waals surface area contributed by atoms with Gasteiger partial charge in [-0.25, -0.2) is 4.39 Å². The highest BCUT2D eigenvalue weighted by Crippen LogP contribution is 2.28. The Labute approximate surface area is 186 Å². The van der Waals surface area contributed by atoms with E-state index in [0.29, 0.717) is 24.1 Å². The van der Waals surface area contributed by atoms with E-state index in [1.165, 1.54) is 17.0 Å². The number of halogens is 1. The van der Waals surface area contributed by atoms with Crippen LogP contribution in [0.3, 0.4) is 0 Å². The van der Waals surface area contributed by atoms with E-state index in [-0.39, 0.29) is 42.5 Å². The average molecular weight is 439 g/mol. The van der Waals surface area contributed by atoms with Crippen LogP contribution < -0.4 is 10.2 Å². The van der Waals surface area contributed by atoms with Crippen molar-refractivity contribution in [1.82, 2.24) is 10.2 Å². The molecule has 0 aliphatic carbocycles. The third-order valence-corrected chi connectivity index (χ3v) is 6.00. The highest BCUT2D eigenvalue weighted by Gasteiger charge is 2.48. The summed E-state index contributed by atoms with van der Waals surface area (Å²) in [5.41, 5.74) is 2.08. The van der Waals surface area contributed by atoms with Crippen LogP contribution in [0.1, 0.15) is 22.3 Å². The largest absolute Gasteiger partial charge is 0.378 e. The molecule has 8 heteroatoms. The number of nitrogens with zero attached hydrogens (tertiary/aromatic N) is 2. The third-order valence-electron chi connectivity index (χ3n) is 6.00. The zero-order chi connectivity index (χ0) is 22.8. The highest BCUT2D eigenvalue weighted by atomic mass is 19.1. The van der Waals surface area contributed by atoms with Crippen molar-refractivity contribution >= 4 is 23.3 Å². The molecular weight excluding hydrogens is 413 g/mol. The van der Waals surface area contributed by atoms with Gasteiger partial charge in [0.1, 0.15) is 24.5 Å². The molecule has 3 unspecified atom stereocenters. The van der Waals surface area contributed by atoms with E-state index in [1.54, 1.807) is 24.3 Å². The molecule has 2 aromatic rings. The molecule has 2 aromatic carbocycles. The zero-order valence-corrected chi connectivity index (χ0v) is 18.1. The Bertz CT molecular complexity index is 1010. The molecule has 0 aromatic heterocycles. The standard InChI is InChI=1S/C24H26FN3O4/c1-27(2)18-9-5-16(6-10-18)23(30)26-19(13-15-3-7-17(25)8-4-15)24(31)28-12-11-21-22(28)20(29)14-32-21/h3-10,19,21-22H,11-14H2,1-2H3,(H,26,30). The summed E-state index contributed by atoms with van der Waals surface area (Å²) in [5, 5.41) is 2.83. The van der Waals surface area contributed by atoms with Crippen LogP contribution in [-0.2, 0) is 20.7 Å². The van der Waals surface area contributed by atoms with Crippen LogP contribution in [0.4, 0.5) is 10.1 Å². The van der Waals surface area contributed by atoms with Gasteiger partial charge in [0, 0.05) is 38.3 Å². The summed E-state index contributed by atoms with van der Waals surface area (Å²) in [4.78, 5) is 42.1. The van der Waals surface area contributed by atoms with Crippen LogP contribution in [-0.4, -0.2) is 67.9 Å².